The highest BCUT2D eigenvalue weighted by molar-refractivity contribution is 7.07. The summed E-state index contributed by atoms with van der Waals surface area (Å²) in [5, 5.41) is 2.04. The van der Waals surface area contributed by atoms with Crippen molar-refractivity contribution in [3.05, 3.63) is 16.6 Å². The van der Waals surface area contributed by atoms with Crippen molar-refractivity contribution in [2.24, 2.45) is 5.73 Å². The average molecular weight is 197 g/mol. The van der Waals surface area contributed by atoms with Gasteiger partial charge in [0.05, 0.1) is 17.2 Å². The highest BCUT2D eigenvalue weighted by Gasteiger charge is 2.16. The first-order valence-electron chi connectivity index (χ1n) is 4.72. The average Bonchev–Trinajstić information content (AvgIpc) is 2.74. The molecule has 1 aromatic rings. The highest BCUT2D eigenvalue weighted by atomic mass is 32.1. The lowest BCUT2D eigenvalue weighted by Crippen LogP contribution is -2.29. The van der Waals surface area contributed by atoms with Crippen LogP contribution in [-0.4, -0.2) is 29.5 Å². The van der Waals surface area contributed by atoms with E-state index in [-0.39, 0.29) is 6.04 Å². The second-order valence-corrected chi connectivity index (χ2v) is 4.25. The van der Waals surface area contributed by atoms with Gasteiger partial charge in [-0.1, -0.05) is 0 Å². The molecular weight excluding hydrogens is 182 g/mol. The maximum absolute atomic E-state index is 6.02. The van der Waals surface area contributed by atoms with Crippen LogP contribution in [-0.2, 0) is 0 Å². The Morgan fingerprint density at radius 2 is 2.31 bits per heavy atom. The van der Waals surface area contributed by atoms with Crippen LogP contribution in [0, 0.1) is 0 Å². The van der Waals surface area contributed by atoms with Gasteiger partial charge in [0, 0.05) is 11.9 Å². The van der Waals surface area contributed by atoms with E-state index >= 15 is 0 Å². The third kappa shape index (κ3) is 2.27. The van der Waals surface area contributed by atoms with Crippen molar-refractivity contribution < 1.29 is 0 Å². The summed E-state index contributed by atoms with van der Waals surface area (Å²) in [6, 6.07) is 0.101. The summed E-state index contributed by atoms with van der Waals surface area (Å²) in [6.45, 7) is 3.37. The topological polar surface area (TPSA) is 42.1 Å². The largest absolute Gasteiger partial charge is 0.322 e. The number of hydrogen-bond acceptors (Lipinski definition) is 4. The third-order valence-corrected chi connectivity index (χ3v) is 3.09. The highest BCUT2D eigenvalue weighted by Crippen LogP contribution is 2.15. The molecule has 1 saturated heterocycles. The lowest BCUT2D eigenvalue weighted by Gasteiger charge is -2.18. The van der Waals surface area contributed by atoms with E-state index in [1.54, 1.807) is 11.3 Å². The summed E-state index contributed by atoms with van der Waals surface area (Å²) in [7, 11) is 0. The van der Waals surface area contributed by atoms with Crippen LogP contribution in [0.1, 0.15) is 24.6 Å². The van der Waals surface area contributed by atoms with E-state index in [2.05, 4.69) is 9.88 Å². The van der Waals surface area contributed by atoms with Crippen molar-refractivity contribution in [1.82, 2.24) is 9.88 Å². The molecule has 1 fully saturated rings. The van der Waals surface area contributed by atoms with E-state index in [1.807, 2.05) is 10.9 Å². The van der Waals surface area contributed by atoms with E-state index in [9.17, 15) is 0 Å². The van der Waals surface area contributed by atoms with Crippen molar-refractivity contribution in [2.75, 3.05) is 19.6 Å². The fraction of sp³-hybridized carbons (Fsp3) is 0.667. The summed E-state index contributed by atoms with van der Waals surface area (Å²) in [6.07, 6.45) is 2.65. The summed E-state index contributed by atoms with van der Waals surface area (Å²) in [5.41, 5.74) is 8.91. The van der Waals surface area contributed by atoms with Crippen molar-refractivity contribution >= 4 is 11.3 Å². The Kier molecular flexibility index (Phi) is 2.93. The van der Waals surface area contributed by atoms with Crippen LogP contribution in [0.3, 0.4) is 0 Å². The molecule has 0 amide bonds. The van der Waals surface area contributed by atoms with Gasteiger partial charge in [-0.2, -0.15) is 0 Å². The number of likely N-dealkylation sites (tertiary alicyclic amines) is 1. The third-order valence-electron chi connectivity index (χ3n) is 2.48. The fourth-order valence-corrected chi connectivity index (χ4v) is 2.36. The molecule has 4 heteroatoms. The van der Waals surface area contributed by atoms with Crippen LogP contribution in [0.2, 0.25) is 0 Å². The number of hydrogen-bond donors (Lipinski definition) is 1. The molecule has 1 aliphatic heterocycles. The molecule has 1 atom stereocenters. The molecule has 0 bridgehead atoms. The van der Waals surface area contributed by atoms with Crippen molar-refractivity contribution in [1.29, 1.82) is 0 Å². The Morgan fingerprint density at radius 3 is 2.92 bits per heavy atom. The Balaban J connectivity index is 1.87. The molecular formula is C9H15N3S. The van der Waals surface area contributed by atoms with E-state index in [1.165, 1.54) is 25.9 Å². The maximum Gasteiger partial charge on any atom is 0.0795 e. The number of nitrogens with zero attached hydrogens (tertiary/aromatic N) is 2. The van der Waals surface area contributed by atoms with Gasteiger partial charge in [0.15, 0.2) is 0 Å². The Bertz CT molecular complexity index is 241. The smallest absolute Gasteiger partial charge is 0.0795 e. The summed E-state index contributed by atoms with van der Waals surface area (Å²) >= 11 is 1.62. The normalized spacial score (nSPS) is 20.7. The van der Waals surface area contributed by atoms with Gasteiger partial charge in [0.1, 0.15) is 0 Å². The maximum atomic E-state index is 6.02. The molecule has 0 aliphatic carbocycles. The molecule has 72 valence electrons. The van der Waals surface area contributed by atoms with Gasteiger partial charge in [-0.3, -0.25) is 0 Å². The van der Waals surface area contributed by atoms with Gasteiger partial charge >= 0.3 is 0 Å². The fourth-order valence-electron chi connectivity index (χ4n) is 1.74. The Labute approximate surface area is 82.6 Å². The van der Waals surface area contributed by atoms with Crippen molar-refractivity contribution in [3.63, 3.8) is 0 Å². The SMILES string of the molecule is NC(CN1CCCC1)c1cscn1. The predicted octanol–water partition coefficient (Wildman–Crippen LogP) is 1.24. The van der Waals surface area contributed by atoms with Crippen LogP contribution >= 0.6 is 11.3 Å². The number of thiazole rings is 1. The molecule has 3 nitrogen and oxygen atoms in total. The lowest BCUT2D eigenvalue weighted by atomic mass is 10.2. The summed E-state index contributed by atoms with van der Waals surface area (Å²) < 4.78 is 0. The van der Waals surface area contributed by atoms with Crippen LogP contribution < -0.4 is 5.73 Å². The van der Waals surface area contributed by atoms with E-state index in [0.717, 1.165) is 12.2 Å². The van der Waals surface area contributed by atoms with E-state index in [4.69, 9.17) is 5.73 Å². The number of nitrogens with two attached hydrogens (primary N) is 1. The molecule has 2 rings (SSSR count). The van der Waals surface area contributed by atoms with Gasteiger partial charge in [-0.05, 0) is 25.9 Å². The van der Waals surface area contributed by atoms with Gasteiger partial charge < -0.3 is 10.6 Å². The second kappa shape index (κ2) is 4.17. The van der Waals surface area contributed by atoms with E-state index < -0.39 is 0 Å². The Hall–Kier alpha value is -0.450. The van der Waals surface area contributed by atoms with Gasteiger partial charge in [0.25, 0.3) is 0 Å². The molecule has 1 aliphatic rings. The minimum absolute atomic E-state index is 0.101. The van der Waals surface area contributed by atoms with Crippen LogP contribution in [0.25, 0.3) is 0 Å². The quantitative estimate of drug-likeness (QED) is 0.792. The first kappa shape index (κ1) is 9.12. The van der Waals surface area contributed by atoms with E-state index in [0.29, 0.717) is 0 Å². The molecule has 1 unspecified atom stereocenters. The first-order chi connectivity index (χ1) is 6.36. The number of rotatable bonds is 3. The molecule has 1 aromatic heterocycles. The molecule has 0 aromatic carbocycles. The Morgan fingerprint density at radius 1 is 1.54 bits per heavy atom. The molecule has 2 heterocycles. The summed E-state index contributed by atoms with van der Waals surface area (Å²) in [4.78, 5) is 6.65. The van der Waals surface area contributed by atoms with Crippen LogP contribution in [0.15, 0.2) is 10.9 Å². The second-order valence-electron chi connectivity index (χ2n) is 3.53. The molecule has 0 radical (unpaired) electrons. The molecule has 13 heavy (non-hydrogen) atoms. The van der Waals surface area contributed by atoms with Crippen LogP contribution in [0.5, 0.6) is 0 Å². The van der Waals surface area contributed by atoms with Gasteiger partial charge in [-0.15, -0.1) is 11.3 Å². The standard InChI is InChI=1S/C9H15N3S/c10-8(9-6-13-7-11-9)5-12-3-1-2-4-12/h6-8H,1-5,10H2. The van der Waals surface area contributed by atoms with Gasteiger partial charge in [0.2, 0.25) is 0 Å². The molecule has 2 N–H and O–H groups in total. The van der Waals surface area contributed by atoms with Gasteiger partial charge in [-0.25, -0.2) is 4.98 Å². The first-order valence-corrected chi connectivity index (χ1v) is 5.66. The molecule has 0 saturated carbocycles. The minimum Gasteiger partial charge on any atom is -0.322 e. The van der Waals surface area contributed by atoms with Crippen molar-refractivity contribution in [3.8, 4) is 0 Å². The monoisotopic (exact) mass is 197 g/mol. The number of aromatic nitrogens is 1. The van der Waals surface area contributed by atoms with Crippen molar-refractivity contribution in [2.45, 2.75) is 18.9 Å². The zero-order valence-corrected chi connectivity index (χ0v) is 8.46. The molecule has 0 spiro atoms. The summed E-state index contributed by atoms with van der Waals surface area (Å²) in [5.74, 6) is 0. The zero-order chi connectivity index (χ0) is 9.10. The lowest BCUT2D eigenvalue weighted by molar-refractivity contribution is 0.314. The zero-order valence-electron chi connectivity index (χ0n) is 7.65. The predicted molar refractivity (Wildman–Crippen MR) is 54.7 cm³/mol. The minimum atomic E-state index is 0.101. The van der Waals surface area contributed by atoms with Crippen LogP contribution in [0.4, 0.5) is 0 Å².